The predicted octanol–water partition coefficient (Wildman–Crippen LogP) is 3.32. The zero-order valence-electron chi connectivity index (χ0n) is 19.1. The molecule has 1 fully saturated rings. The van der Waals surface area contributed by atoms with Gasteiger partial charge < -0.3 is 20.7 Å². The lowest BCUT2D eigenvalue weighted by atomic mass is 10.1. The molecule has 1 saturated carbocycles. The number of aliphatic imine (C=N–C) groups is 1. The average Bonchev–Trinajstić information content (AvgIpc) is 3.15. The molecule has 0 bridgehead atoms. The Morgan fingerprint density at radius 1 is 1.19 bits per heavy atom. The van der Waals surface area contributed by atoms with Crippen LogP contribution in [0, 0.1) is 0 Å². The Hall–Kier alpha value is -2.87. The highest BCUT2D eigenvalue weighted by Gasteiger charge is 2.12. The fourth-order valence-electron chi connectivity index (χ4n) is 3.80. The first-order valence-electron chi connectivity index (χ1n) is 11.7. The molecule has 1 heterocycles. The molecule has 32 heavy (non-hydrogen) atoms. The molecule has 8 nitrogen and oxygen atoms in total. The van der Waals surface area contributed by atoms with E-state index in [1.807, 2.05) is 24.3 Å². The highest BCUT2D eigenvalue weighted by Crippen LogP contribution is 2.19. The van der Waals surface area contributed by atoms with Gasteiger partial charge in [0.1, 0.15) is 6.54 Å². The van der Waals surface area contributed by atoms with E-state index in [2.05, 4.69) is 33.0 Å². The monoisotopic (exact) mass is 440 g/mol. The smallest absolute Gasteiger partial charge is 0.246 e. The lowest BCUT2D eigenvalue weighted by Crippen LogP contribution is -2.39. The largest absolute Gasteiger partial charge is 0.376 e. The highest BCUT2D eigenvalue weighted by atomic mass is 16.5. The zero-order valence-corrected chi connectivity index (χ0v) is 19.1. The first-order chi connectivity index (χ1) is 15.7. The van der Waals surface area contributed by atoms with E-state index in [4.69, 9.17) is 4.74 Å². The van der Waals surface area contributed by atoms with Gasteiger partial charge in [-0.1, -0.05) is 37.8 Å². The number of guanidine groups is 1. The Morgan fingerprint density at radius 3 is 2.78 bits per heavy atom. The Kier molecular flexibility index (Phi) is 10.1. The average molecular weight is 441 g/mol. The zero-order chi connectivity index (χ0) is 22.4. The molecule has 0 radical (unpaired) electrons. The fourth-order valence-corrected chi connectivity index (χ4v) is 3.80. The van der Waals surface area contributed by atoms with Gasteiger partial charge in [-0.15, -0.1) is 0 Å². The van der Waals surface area contributed by atoms with E-state index in [-0.39, 0.29) is 12.5 Å². The molecule has 3 rings (SSSR count). The summed E-state index contributed by atoms with van der Waals surface area (Å²) in [7, 11) is 0. The van der Waals surface area contributed by atoms with E-state index < -0.39 is 0 Å². The molecule has 1 amide bonds. The Morgan fingerprint density at radius 2 is 2.03 bits per heavy atom. The second-order valence-electron chi connectivity index (χ2n) is 8.06. The van der Waals surface area contributed by atoms with Gasteiger partial charge in [-0.05, 0) is 43.5 Å². The van der Waals surface area contributed by atoms with Crippen LogP contribution >= 0.6 is 0 Å². The number of ether oxygens (including phenoxy) is 1. The first kappa shape index (κ1) is 23.8. The summed E-state index contributed by atoms with van der Waals surface area (Å²) in [6, 6.07) is 9.55. The van der Waals surface area contributed by atoms with Crippen LogP contribution in [0.4, 0.5) is 5.69 Å². The summed E-state index contributed by atoms with van der Waals surface area (Å²) in [6.45, 7) is 4.96. The van der Waals surface area contributed by atoms with E-state index in [1.165, 1.54) is 38.5 Å². The summed E-state index contributed by atoms with van der Waals surface area (Å²) in [5.74, 6) is 0.656. The van der Waals surface area contributed by atoms with Crippen LogP contribution in [0.5, 0.6) is 0 Å². The van der Waals surface area contributed by atoms with Crippen LogP contribution in [0.1, 0.15) is 51.0 Å². The van der Waals surface area contributed by atoms with Gasteiger partial charge >= 0.3 is 0 Å². The van der Waals surface area contributed by atoms with Crippen LogP contribution in [0.25, 0.3) is 0 Å². The summed E-state index contributed by atoms with van der Waals surface area (Å²) in [5, 5.41) is 13.6. The Balaban J connectivity index is 1.45. The van der Waals surface area contributed by atoms with Crippen LogP contribution in [-0.2, 0) is 22.6 Å². The predicted molar refractivity (Wildman–Crippen MR) is 128 cm³/mol. The maximum atomic E-state index is 12.2. The van der Waals surface area contributed by atoms with Crippen molar-refractivity contribution in [3.05, 3.63) is 48.3 Å². The molecular formula is C24H36N6O2. The van der Waals surface area contributed by atoms with Crippen LogP contribution in [0.15, 0.2) is 47.7 Å². The molecule has 2 aromatic rings. The Bertz CT molecular complexity index is 829. The van der Waals surface area contributed by atoms with Crippen LogP contribution in [-0.4, -0.2) is 47.4 Å². The summed E-state index contributed by atoms with van der Waals surface area (Å²) in [6.07, 6.45) is 11.4. The minimum Gasteiger partial charge on any atom is -0.376 e. The van der Waals surface area contributed by atoms with Crippen molar-refractivity contribution in [1.82, 2.24) is 20.4 Å². The third-order valence-electron chi connectivity index (χ3n) is 5.39. The van der Waals surface area contributed by atoms with Gasteiger partial charge in [0.25, 0.3) is 0 Å². The quantitative estimate of drug-likeness (QED) is 0.228. The number of carbonyl (C=O) groups excluding carboxylic acids is 1. The number of benzene rings is 1. The lowest BCUT2D eigenvalue weighted by molar-refractivity contribution is -0.116. The highest BCUT2D eigenvalue weighted by molar-refractivity contribution is 5.90. The van der Waals surface area contributed by atoms with E-state index in [0.29, 0.717) is 19.3 Å². The number of hydrogen-bond donors (Lipinski definition) is 3. The number of aromatic nitrogens is 2. The van der Waals surface area contributed by atoms with Gasteiger partial charge in [0.05, 0.1) is 19.3 Å². The topological polar surface area (TPSA) is 92.6 Å². The maximum Gasteiger partial charge on any atom is 0.246 e. The second kappa shape index (κ2) is 13.5. The Labute approximate surface area is 190 Å². The van der Waals surface area contributed by atoms with E-state index in [9.17, 15) is 4.79 Å². The summed E-state index contributed by atoms with van der Waals surface area (Å²) >= 11 is 0. The van der Waals surface area contributed by atoms with Gasteiger partial charge in [-0.2, -0.15) is 5.10 Å². The van der Waals surface area contributed by atoms with Gasteiger partial charge in [0, 0.05) is 31.2 Å². The summed E-state index contributed by atoms with van der Waals surface area (Å²) in [4.78, 5) is 16.9. The summed E-state index contributed by atoms with van der Waals surface area (Å²) in [5.41, 5.74) is 1.78. The molecule has 0 spiro atoms. The van der Waals surface area contributed by atoms with Crippen molar-refractivity contribution in [1.29, 1.82) is 0 Å². The van der Waals surface area contributed by atoms with Crippen LogP contribution < -0.4 is 16.0 Å². The first-order valence-corrected chi connectivity index (χ1v) is 11.7. The van der Waals surface area contributed by atoms with E-state index >= 15 is 0 Å². The van der Waals surface area contributed by atoms with E-state index in [1.54, 1.807) is 23.1 Å². The number of anilines is 1. The molecule has 0 aliphatic heterocycles. The molecule has 1 aliphatic rings. The summed E-state index contributed by atoms with van der Waals surface area (Å²) < 4.78 is 7.65. The van der Waals surface area contributed by atoms with Crippen molar-refractivity contribution >= 4 is 17.6 Å². The molecular weight excluding hydrogens is 404 g/mol. The van der Waals surface area contributed by atoms with Crippen molar-refractivity contribution in [2.24, 2.45) is 4.99 Å². The number of carbonyl (C=O) groups is 1. The number of rotatable bonds is 10. The molecule has 174 valence electrons. The second-order valence-corrected chi connectivity index (χ2v) is 8.06. The third-order valence-corrected chi connectivity index (χ3v) is 5.39. The van der Waals surface area contributed by atoms with Crippen molar-refractivity contribution < 1.29 is 9.53 Å². The van der Waals surface area contributed by atoms with E-state index in [0.717, 1.165) is 30.3 Å². The molecule has 8 heteroatoms. The number of nitrogens with zero attached hydrogens (tertiary/aromatic N) is 3. The van der Waals surface area contributed by atoms with Crippen molar-refractivity contribution in [2.75, 3.05) is 25.0 Å². The van der Waals surface area contributed by atoms with Crippen molar-refractivity contribution in [3.8, 4) is 0 Å². The van der Waals surface area contributed by atoms with Gasteiger partial charge in [-0.25, -0.2) is 4.99 Å². The molecule has 1 aromatic carbocycles. The van der Waals surface area contributed by atoms with Crippen LogP contribution in [0.2, 0.25) is 0 Å². The minimum absolute atomic E-state index is 0.113. The molecule has 0 unspecified atom stereocenters. The standard InChI is InChI=1S/C24H36N6O2/c1-2-25-24(26-14-16-32-22-11-5-3-4-6-12-22)27-18-20-9-7-10-21(17-20)29-23(31)19-30-15-8-13-28-30/h7-10,13,15,17,22H,2-6,11-12,14,16,18-19H2,1H3,(H,29,31)(H2,25,26,27). The third kappa shape index (κ3) is 8.70. The lowest BCUT2D eigenvalue weighted by Gasteiger charge is -2.16. The molecule has 1 aromatic heterocycles. The molecule has 3 N–H and O–H groups in total. The fraction of sp³-hybridized carbons (Fsp3) is 0.542. The van der Waals surface area contributed by atoms with Crippen molar-refractivity contribution in [2.45, 2.75) is 64.6 Å². The van der Waals surface area contributed by atoms with Crippen LogP contribution in [0.3, 0.4) is 0 Å². The molecule has 0 saturated heterocycles. The van der Waals surface area contributed by atoms with Gasteiger partial charge in [-0.3, -0.25) is 9.48 Å². The maximum absolute atomic E-state index is 12.2. The molecule has 1 aliphatic carbocycles. The van der Waals surface area contributed by atoms with Gasteiger partial charge in [0.2, 0.25) is 5.91 Å². The number of nitrogens with one attached hydrogen (secondary N) is 3. The normalized spacial score (nSPS) is 15.2. The van der Waals surface area contributed by atoms with Gasteiger partial charge in [0.15, 0.2) is 5.96 Å². The SMILES string of the molecule is CCNC(=NCc1cccc(NC(=O)Cn2cccn2)c1)NCCOC1CCCCCC1. The number of amides is 1. The van der Waals surface area contributed by atoms with Crippen molar-refractivity contribution in [3.63, 3.8) is 0 Å². The minimum atomic E-state index is -0.113. The molecule has 0 atom stereocenters. The number of hydrogen-bond acceptors (Lipinski definition) is 4.